The monoisotopic (exact) mass is 821 g/mol. The molecule has 5 nitrogen and oxygen atoms in total. The van der Waals surface area contributed by atoms with Gasteiger partial charge in [-0.25, -0.2) is 15.0 Å². The Labute approximate surface area is 366 Å². The fraction of sp³-hybridized carbons (Fsp3) is 0. The maximum atomic E-state index is 5.03. The molecule has 9 aromatic carbocycles. The van der Waals surface area contributed by atoms with Gasteiger partial charge in [-0.1, -0.05) is 127 Å². The van der Waals surface area contributed by atoms with E-state index in [1.54, 1.807) is 0 Å². The molecule has 0 unspecified atom stereocenters. The normalized spacial score (nSPS) is 11.8. The van der Waals surface area contributed by atoms with Gasteiger partial charge in [0.05, 0.1) is 22.1 Å². The molecule has 0 atom stereocenters. The molecule has 0 amide bonds. The van der Waals surface area contributed by atoms with E-state index in [2.05, 4.69) is 161 Å². The van der Waals surface area contributed by atoms with Crippen molar-refractivity contribution in [2.75, 3.05) is 0 Å². The Bertz CT molecular complexity index is 3850. The highest BCUT2D eigenvalue weighted by Gasteiger charge is 2.18. The van der Waals surface area contributed by atoms with E-state index < -0.39 is 0 Å². The molecule has 0 spiro atoms. The summed E-state index contributed by atoms with van der Waals surface area (Å²) in [5.74, 6) is 1.97. The van der Waals surface area contributed by atoms with E-state index in [-0.39, 0.29) is 0 Å². The molecule has 0 N–H and O–H groups in total. The standard InChI is InChI=1S/C57H35N5S/c1-4-14-36(15-5-1)55-58-56(37-16-6-2-7-17-37)60-57(59-55)40-26-31-54-48(34-40)47-33-39(25-30-53(47)63-54)38-24-28-51-45(32-38)43-20-10-13-23-50(43)62(51)42-27-29-52-46(35-42)44-21-11-12-22-49(44)61(52)41-18-8-3-9-19-41/h1-35H. The zero-order valence-electron chi connectivity index (χ0n) is 33.9. The molecule has 0 saturated heterocycles. The molecule has 0 aliphatic heterocycles. The van der Waals surface area contributed by atoms with Gasteiger partial charge in [0.1, 0.15) is 0 Å². The zero-order valence-corrected chi connectivity index (χ0v) is 34.7. The summed E-state index contributed by atoms with van der Waals surface area (Å²) in [6.45, 7) is 0. The van der Waals surface area contributed by atoms with E-state index in [1.807, 2.05) is 72.0 Å². The maximum Gasteiger partial charge on any atom is 0.164 e. The van der Waals surface area contributed by atoms with Crippen molar-refractivity contribution in [3.63, 3.8) is 0 Å². The van der Waals surface area contributed by atoms with Crippen LogP contribution < -0.4 is 0 Å². The molecule has 294 valence electrons. The second kappa shape index (κ2) is 14.2. The van der Waals surface area contributed by atoms with E-state index in [9.17, 15) is 0 Å². The maximum absolute atomic E-state index is 5.03. The predicted molar refractivity (Wildman–Crippen MR) is 263 cm³/mol. The van der Waals surface area contributed by atoms with Crippen molar-refractivity contribution in [3.8, 4) is 56.7 Å². The highest BCUT2D eigenvalue weighted by atomic mass is 32.1. The lowest BCUT2D eigenvalue weighted by Crippen LogP contribution is -2.00. The fourth-order valence-electron chi connectivity index (χ4n) is 9.42. The van der Waals surface area contributed by atoms with Gasteiger partial charge in [-0.15, -0.1) is 11.3 Å². The quantitative estimate of drug-likeness (QED) is 0.168. The fourth-order valence-corrected chi connectivity index (χ4v) is 10.5. The summed E-state index contributed by atoms with van der Waals surface area (Å²) in [6, 6.07) is 75.8. The topological polar surface area (TPSA) is 48.5 Å². The van der Waals surface area contributed by atoms with Gasteiger partial charge in [-0.05, 0) is 96.1 Å². The second-order valence-electron chi connectivity index (χ2n) is 16.0. The molecule has 63 heavy (non-hydrogen) atoms. The third kappa shape index (κ3) is 5.80. The second-order valence-corrected chi connectivity index (χ2v) is 17.1. The Balaban J connectivity index is 0.931. The van der Waals surface area contributed by atoms with E-state index in [0.29, 0.717) is 17.5 Å². The lowest BCUT2D eigenvalue weighted by Gasteiger charge is -2.10. The van der Waals surface area contributed by atoms with E-state index in [1.165, 1.54) is 74.9 Å². The van der Waals surface area contributed by atoms with E-state index in [0.717, 1.165) is 28.1 Å². The first-order chi connectivity index (χ1) is 31.2. The van der Waals surface area contributed by atoms with Gasteiger partial charge in [0, 0.05) is 69.8 Å². The Kier molecular flexibility index (Phi) is 8.01. The van der Waals surface area contributed by atoms with Gasteiger partial charge < -0.3 is 9.13 Å². The van der Waals surface area contributed by atoms with Crippen LogP contribution in [0.5, 0.6) is 0 Å². The third-order valence-corrected chi connectivity index (χ3v) is 13.5. The minimum atomic E-state index is 0.656. The molecule has 0 aliphatic rings. The zero-order chi connectivity index (χ0) is 41.4. The molecule has 6 heteroatoms. The van der Waals surface area contributed by atoms with Crippen LogP contribution in [0.1, 0.15) is 0 Å². The summed E-state index contributed by atoms with van der Waals surface area (Å²) in [5, 5.41) is 7.35. The Hall–Kier alpha value is -8.19. The minimum absolute atomic E-state index is 0.656. The molecule has 4 heterocycles. The van der Waals surface area contributed by atoms with Crippen LogP contribution >= 0.6 is 11.3 Å². The van der Waals surface area contributed by atoms with Gasteiger partial charge in [0.15, 0.2) is 17.5 Å². The summed E-state index contributed by atoms with van der Waals surface area (Å²) in [4.78, 5) is 15.0. The van der Waals surface area contributed by atoms with Crippen molar-refractivity contribution >= 4 is 75.1 Å². The van der Waals surface area contributed by atoms with Crippen molar-refractivity contribution in [2.45, 2.75) is 0 Å². The molecule has 4 aromatic heterocycles. The molecule has 0 saturated carbocycles. The van der Waals surface area contributed by atoms with E-state index in [4.69, 9.17) is 15.0 Å². The predicted octanol–water partition coefficient (Wildman–Crippen LogP) is 15.1. The first kappa shape index (κ1) is 35.6. The van der Waals surface area contributed by atoms with Crippen LogP contribution in [0, 0.1) is 0 Å². The number of fused-ring (bicyclic) bond motifs is 9. The largest absolute Gasteiger partial charge is 0.309 e. The van der Waals surface area contributed by atoms with Crippen LogP contribution in [0.15, 0.2) is 212 Å². The molecule has 13 aromatic rings. The van der Waals surface area contributed by atoms with Crippen LogP contribution in [0.2, 0.25) is 0 Å². The number of para-hydroxylation sites is 3. The van der Waals surface area contributed by atoms with Crippen molar-refractivity contribution in [2.24, 2.45) is 0 Å². The smallest absolute Gasteiger partial charge is 0.164 e. The number of hydrogen-bond acceptors (Lipinski definition) is 4. The number of rotatable bonds is 6. The summed E-state index contributed by atoms with van der Waals surface area (Å²) in [7, 11) is 0. The van der Waals surface area contributed by atoms with Crippen molar-refractivity contribution in [1.82, 2.24) is 24.1 Å². The highest BCUT2D eigenvalue weighted by molar-refractivity contribution is 7.25. The van der Waals surface area contributed by atoms with Crippen LogP contribution in [-0.4, -0.2) is 24.1 Å². The first-order valence-corrected chi connectivity index (χ1v) is 22.0. The van der Waals surface area contributed by atoms with E-state index >= 15 is 0 Å². The number of thiophene rings is 1. The summed E-state index contributed by atoms with van der Waals surface area (Å²) in [6.07, 6.45) is 0. The highest BCUT2D eigenvalue weighted by Crippen LogP contribution is 2.41. The average molecular weight is 822 g/mol. The Morgan fingerprint density at radius 3 is 1.29 bits per heavy atom. The number of aromatic nitrogens is 5. The van der Waals surface area contributed by atoms with Crippen molar-refractivity contribution in [3.05, 3.63) is 212 Å². The van der Waals surface area contributed by atoms with Gasteiger partial charge in [0.2, 0.25) is 0 Å². The lowest BCUT2D eigenvalue weighted by atomic mass is 10.00. The van der Waals surface area contributed by atoms with Gasteiger partial charge in [0.25, 0.3) is 0 Å². The lowest BCUT2D eigenvalue weighted by molar-refractivity contribution is 1.07. The summed E-state index contributed by atoms with van der Waals surface area (Å²) in [5.41, 5.74) is 12.3. The first-order valence-electron chi connectivity index (χ1n) is 21.2. The van der Waals surface area contributed by atoms with Crippen molar-refractivity contribution in [1.29, 1.82) is 0 Å². The average Bonchev–Trinajstić information content (AvgIpc) is 4.01. The summed E-state index contributed by atoms with van der Waals surface area (Å²) < 4.78 is 7.28. The Morgan fingerprint density at radius 2 is 0.683 bits per heavy atom. The Morgan fingerprint density at radius 1 is 0.270 bits per heavy atom. The van der Waals surface area contributed by atoms with Gasteiger partial charge in [-0.2, -0.15) is 0 Å². The van der Waals surface area contributed by atoms with Crippen LogP contribution in [-0.2, 0) is 0 Å². The molecular formula is C57H35N5S. The molecule has 0 radical (unpaired) electrons. The molecule has 0 bridgehead atoms. The molecular weight excluding hydrogens is 787 g/mol. The molecule has 0 aliphatic carbocycles. The number of nitrogens with zero attached hydrogens (tertiary/aromatic N) is 5. The minimum Gasteiger partial charge on any atom is -0.309 e. The SMILES string of the molecule is c1ccc(-c2nc(-c3ccccc3)nc(-c3ccc4sc5ccc(-c6ccc7c(c6)c6ccccc6n7-c6ccc7c(c6)c6ccccc6n7-c6ccccc6)cc5c4c3)n2)cc1. The molecule has 0 fully saturated rings. The van der Waals surface area contributed by atoms with Crippen molar-refractivity contribution < 1.29 is 0 Å². The van der Waals surface area contributed by atoms with Crippen LogP contribution in [0.25, 0.3) is 120 Å². The van der Waals surface area contributed by atoms with Crippen LogP contribution in [0.4, 0.5) is 0 Å². The number of hydrogen-bond donors (Lipinski definition) is 0. The van der Waals surface area contributed by atoms with Gasteiger partial charge >= 0.3 is 0 Å². The number of benzene rings is 9. The third-order valence-electron chi connectivity index (χ3n) is 12.4. The summed E-state index contributed by atoms with van der Waals surface area (Å²) >= 11 is 1.82. The van der Waals surface area contributed by atoms with Gasteiger partial charge in [-0.3, -0.25) is 0 Å². The van der Waals surface area contributed by atoms with Crippen LogP contribution in [0.3, 0.4) is 0 Å². The molecule has 13 rings (SSSR count).